The number of aromatic nitrogens is 2. The van der Waals surface area contributed by atoms with Gasteiger partial charge in [0.25, 0.3) is 5.56 Å². The van der Waals surface area contributed by atoms with E-state index in [1.165, 1.54) is 4.68 Å². The second kappa shape index (κ2) is 7.75. The summed E-state index contributed by atoms with van der Waals surface area (Å²) in [5.41, 5.74) is 2.41. The number of nitrogens with one attached hydrogen (secondary N) is 1. The Morgan fingerprint density at radius 1 is 1.27 bits per heavy atom. The molecule has 0 saturated carbocycles. The maximum atomic E-state index is 12.2. The quantitative estimate of drug-likeness (QED) is 0.853. The lowest BCUT2D eigenvalue weighted by Gasteiger charge is -2.10. The highest BCUT2D eigenvalue weighted by atomic mass is 16.5. The predicted octanol–water partition coefficient (Wildman–Crippen LogP) is 2.44. The van der Waals surface area contributed by atoms with Crippen LogP contribution in [0.4, 0.5) is 0 Å². The Labute approximate surface area is 130 Å². The number of rotatable bonds is 7. The van der Waals surface area contributed by atoms with Crippen LogP contribution in [0, 0.1) is 0 Å². The predicted molar refractivity (Wildman–Crippen MR) is 88.2 cm³/mol. The molecule has 22 heavy (non-hydrogen) atoms. The molecular weight excluding hydrogens is 278 g/mol. The summed E-state index contributed by atoms with van der Waals surface area (Å²) in [6.07, 6.45) is 0.968. The summed E-state index contributed by atoms with van der Waals surface area (Å²) >= 11 is 0. The van der Waals surface area contributed by atoms with Crippen LogP contribution in [0.3, 0.4) is 0 Å². The van der Waals surface area contributed by atoms with Gasteiger partial charge in [0.1, 0.15) is 5.75 Å². The fourth-order valence-corrected chi connectivity index (χ4v) is 2.23. The number of hydrogen-bond donors (Lipinski definition) is 1. The number of aryl methyl sites for hydroxylation is 1. The molecule has 2 aromatic rings. The third-order valence-corrected chi connectivity index (χ3v) is 3.32. The minimum Gasteiger partial charge on any atom is -0.494 e. The van der Waals surface area contributed by atoms with E-state index in [4.69, 9.17) is 4.74 Å². The van der Waals surface area contributed by atoms with Crippen molar-refractivity contribution < 1.29 is 4.74 Å². The second-order valence-corrected chi connectivity index (χ2v) is 5.08. The third kappa shape index (κ3) is 3.74. The van der Waals surface area contributed by atoms with Gasteiger partial charge >= 0.3 is 0 Å². The summed E-state index contributed by atoms with van der Waals surface area (Å²) in [6.45, 7) is 5.76. The SMILES string of the molecule is CCCOc1cccc(-c2cc(CNC)c(=O)n(CC)n2)c1. The lowest BCUT2D eigenvalue weighted by Crippen LogP contribution is -2.28. The summed E-state index contributed by atoms with van der Waals surface area (Å²) in [7, 11) is 1.83. The molecule has 5 heteroatoms. The molecule has 0 unspecified atom stereocenters. The van der Waals surface area contributed by atoms with E-state index in [9.17, 15) is 4.79 Å². The van der Waals surface area contributed by atoms with Crippen LogP contribution in [0.5, 0.6) is 5.75 Å². The van der Waals surface area contributed by atoms with Crippen LogP contribution in [0.25, 0.3) is 11.3 Å². The Balaban J connectivity index is 2.43. The zero-order valence-electron chi connectivity index (χ0n) is 13.4. The summed E-state index contributed by atoms with van der Waals surface area (Å²) in [5, 5.41) is 7.47. The Morgan fingerprint density at radius 2 is 2.09 bits per heavy atom. The largest absolute Gasteiger partial charge is 0.494 e. The lowest BCUT2D eigenvalue weighted by molar-refractivity contribution is 0.317. The monoisotopic (exact) mass is 301 g/mol. The molecule has 0 fully saturated rings. The zero-order chi connectivity index (χ0) is 15.9. The summed E-state index contributed by atoms with van der Waals surface area (Å²) in [4.78, 5) is 12.2. The average molecular weight is 301 g/mol. The van der Waals surface area contributed by atoms with E-state index in [0.29, 0.717) is 25.3 Å². The van der Waals surface area contributed by atoms with Gasteiger partial charge in [0, 0.05) is 24.2 Å². The number of benzene rings is 1. The highest BCUT2D eigenvalue weighted by Crippen LogP contribution is 2.22. The van der Waals surface area contributed by atoms with Crippen LogP contribution < -0.4 is 15.6 Å². The van der Waals surface area contributed by atoms with E-state index in [0.717, 1.165) is 23.4 Å². The van der Waals surface area contributed by atoms with Crippen molar-refractivity contribution in [3.63, 3.8) is 0 Å². The van der Waals surface area contributed by atoms with E-state index in [1.807, 2.05) is 44.3 Å². The van der Waals surface area contributed by atoms with Gasteiger partial charge < -0.3 is 10.1 Å². The number of ether oxygens (including phenoxy) is 1. The molecule has 1 aromatic heterocycles. The Hall–Kier alpha value is -2.14. The van der Waals surface area contributed by atoms with E-state index < -0.39 is 0 Å². The van der Waals surface area contributed by atoms with Crippen molar-refractivity contribution in [2.45, 2.75) is 33.4 Å². The van der Waals surface area contributed by atoms with Crippen molar-refractivity contribution in [1.29, 1.82) is 0 Å². The zero-order valence-corrected chi connectivity index (χ0v) is 13.4. The molecule has 0 amide bonds. The summed E-state index contributed by atoms with van der Waals surface area (Å²) < 4.78 is 7.17. The average Bonchev–Trinajstić information content (AvgIpc) is 2.55. The number of nitrogens with zero attached hydrogens (tertiary/aromatic N) is 2. The van der Waals surface area contributed by atoms with E-state index in [1.54, 1.807) is 0 Å². The molecule has 0 spiro atoms. The van der Waals surface area contributed by atoms with Gasteiger partial charge in [0.05, 0.1) is 12.3 Å². The molecule has 0 aliphatic heterocycles. The molecule has 0 atom stereocenters. The van der Waals surface area contributed by atoms with Gasteiger partial charge in [-0.2, -0.15) is 5.10 Å². The van der Waals surface area contributed by atoms with Gasteiger partial charge in [-0.15, -0.1) is 0 Å². The van der Waals surface area contributed by atoms with E-state index in [2.05, 4.69) is 17.3 Å². The van der Waals surface area contributed by atoms with Crippen LogP contribution in [-0.2, 0) is 13.1 Å². The molecule has 0 aliphatic rings. The van der Waals surface area contributed by atoms with Crippen molar-refractivity contribution >= 4 is 0 Å². The molecule has 118 valence electrons. The van der Waals surface area contributed by atoms with E-state index in [-0.39, 0.29) is 5.56 Å². The lowest BCUT2D eigenvalue weighted by atomic mass is 10.1. The normalized spacial score (nSPS) is 10.7. The smallest absolute Gasteiger partial charge is 0.271 e. The molecular formula is C17H23N3O2. The minimum absolute atomic E-state index is 0.0426. The van der Waals surface area contributed by atoms with Gasteiger partial charge in [-0.05, 0) is 38.6 Å². The Kier molecular flexibility index (Phi) is 5.72. The van der Waals surface area contributed by atoms with Gasteiger partial charge in [0.15, 0.2) is 0 Å². The fraction of sp³-hybridized carbons (Fsp3) is 0.412. The van der Waals surface area contributed by atoms with Gasteiger partial charge in [-0.3, -0.25) is 4.79 Å². The fourth-order valence-electron chi connectivity index (χ4n) is 2.23. The maximum absolute atomic E-state index is 12.2. The summed E-state index contributed by atoms with van der Waals surface area (Å²) in [6, 6.07) is 9.68. The van der Waals surface area contributed by atoms with Crippen molar-refractivity contribution in [3.05, 3.63) is 46.2 Å². The first kappa shape index (κ1) is 16.2. The second-order valence-electron chi connectivity index (χ2n) is 5.08. The first-order valence-electron chi connectivity index (χ1n) is 7.68. The molecule has 1 heterocycles. The van der Waals surface area contributed by atoms with Gasteiger partial charge in [0.2, 0.25) is 0 Å². The van der Waals surface area contributed by atoms with Gasteiger partial charge in [-0.1, -0.05) is 19.1 Å². The van der Waals surface area contributed by atoms with Crippen LogP contribution in [0.2, 0.25) is 0 Å². The third-order valence-electron chi connectivity index (χ3n) is 3.32. The molecule has 0 radical (unpaired) electrons. The molecule has 0 saturated heterocycles. The molecule has 1 aromatic carbocycles. The minimum atomic E-state index is -0.0426. The number of hydrogen-bond acceptors (Lipinski definition) is 4. The standard InChI is InChI=1S/C17H23N3O2/c1-4-9-22-15-8-6-7-13(10-15)16-11-14(12-18-3)17(21)20(5-2)19-16/h6-8,10-11,18H,4-5,9,12H2,1-3H3. The van der Waals surface area contributed by atoms with Crippen molar-refractivity contribution in [2.75, 3.05) is 13.7 Å². The molecule has 0 aliphatic carbocycles. The Morgan fingerprint density at radius 3 is 2.77 bits per heavy atom. The molecule has 1 N–H and O–H groups in total. The highest BCUT2D eigenvalue weighted by molar-refractivity contribution is 5.61. The molecule has 5 nitrogen and oxygen atoms in total. The Bertz CT molecular complexity index is 680. The van der Waals surface area contributed by atoms with Gasteiger partial charge in [-0.25, -0.2) is 4.68 Å². The van der Waals surface area contributed by atoms with Crippen molar-refractivity contribution in [2.24, 2.45) is 0 Å². The maximum Gasteiger partial charge on any atom is 0.271 e. The highest BCUT2D eigenvalue weighted by Gasteiger charge is 2.09. The van der Waals surface area contributed by atoms with Crippen molar-refractivity contribution in [3.8, 4) is 17.0 Å². The van der Waals surface area contributed by atoms with Crippen LogP contribution in [-0.4, -0.2) is 23.4 Å². The first-order valence-corrected chi connectivity index (χ1v) is 7.68. The van der Waals surface area contributed by atoms with Crippen molar-refractivity contribution in [1.82, 2.24) is 15.1 Å². The van der Waals surface area contributed by atoms with E-state index >= 15 is 0 Å². The first-order chi connectivity index (χ1) is 10.7. The molecule has 2 rings (SSSR count). The topological polar surface area (TPSA) is 56.1 Å². The molecule has 0 bridgehead atoms. The van der Waals surface area contributed by atoms with Crippen LogP contribution in [0.1, 0.15) is 25.8 Å². The summed E-state index contributed by atoms with van der Waals surface area (Å²) in [5.74, 6) is 0.825. The van der Waals surface area contributed by atoms with Crippen LogP contribution in [0.15, 0.2) is 35.1 Å². The van der Waals surface area contributed by atoms with Crippen LogP contribution >= 0.6 is 0 Å².